The lowest BCUT2D eigenvalue weighted by Gasteiger charge is -2.31. The van der Waals surface area contributed by atoms with Crippen molar-refractivity contribution in [3.8, 4) is 12.3 Å². The minimum atomic E-state index is -0.748. The maximum Gasteiger partial charge on any atom is 0.310 e. The Hall–Kier alpha value is -0.720. The largest absolute Gasteiger partial charge is 0.481 e. The van der Waals surface area contributed by atoms with Crippen LogP contribution in [0.3, 0.4) is 0 Å². The fourth-order valence-corrected chi connectivity index (χ4v) is 1.57. The van der Waals surface area contributed by atoms with Crippen molar-refractivity contribution in [3.63, 3.8) is 0 Å². The summed E-state index contributed by atoms with van der Waals surface area (Å²) in [4.78, 5) is 10.9. The molecular weight excluding hydrogens is 190 g/mol. The van der Waals surface area contributed by atoms with Crippen LogP contribution in [0.2, 0.25) is 0 Å². The summed E-state index contributed by atoms with van der Waals surface area (Å²) in [6, 6.07) is 0. The third kappa shape index (κ3) is 2.61. The van der Waals surface area contributed by atoms with Crippen molar-refractivity contribution in [2.24, 2.45) is 5.41 Å². The number of piperidine rings is 1. The van der Waals surface area contributed by atoms with Gasteiger partial charge in [-0.1, -0.05) is 0 Å². The van der Waals surface area contributed by atoms with Crippen molar-refractivity contribution in [1.29, 1.82) is 0 Å². The van der Waals surface area contributed by atoms with Crippen molar-refractivity contribution < 1.29 is 9.90 Å². The molecule has 74 valence electrons. The Labute approximate surface area is 84.3 Å². The second-order valence-electron chi connectivity index (χ2n) is 3.22. The molecule has 1 heterocycles. The topological polar surface area (TPSA) is 49.3 Å². The molecular formula is C9H14ClNO2. The van der Waals surface area contributed by atoms with Crippen LogP contribution < -0.4 is 5.32 Å². The van der Waals surface area contributed by atoms with Crippen molar-refractivity contribution in [3.05, 3.63) is 0 Å². The number of carboxylic acids is 1. The smallest absolute Gasteiger partial charge is 0.310 e. The van der Waals surface area contributed by atoms with E-state index in [0.29, 0.717) is 19.3 Å². The van der Waals surface area contributed by atoms with E-state index in [-0.39, 0.29) is 12.4 Å². The molecule has 0 amide bonds. The van der Waals surface area contributed by atoms with E-state index in [9.17, 15) is 4.79 Å². The van der Waals surface area contributed by atoms with Gasteiger partial charge in [0.1, 0.15) is 0 Å². The molecule has 1 aliphatic heterocycles. The van der Waals surface area contributed by atoms with Gasteiger partial charge in [-0.05, 0) is 25.9 Å². The zero-order chi connectivity index (χ0) is 9.03. The molecule has 1 fully saturated rings. The average Bonchev–Trinajstić information content (AvgIpc) is 2.06. The summed E-state index contributed by atoms with van der Waals surface area (Å²) in [5, 5.41) is 12.1. The van der Waals surface area contributed by atoms with Crippen LogP contribution in [0, 0.1) is 17.8 Å². The van der Waals surface area contributed by atoms with E-state index >= 15 is 0 Å². The normalized spacial score (nSPS) is 19.6. The molecule has 1 aliphatic rings. The number of carboxylic acid groups (broad SMARTS) is 1. The number of aliphatic carboxylic acids is 1. The molecule has 0 unspecified atom stereocenters. The van der Waals surface area contributed by atoms with E-state index < -0.39 is 11.4 Å². The lowest BCUT2D eigenvalue weighted by atomic mass is 9.76. The van der Waals surface area contributed by atoms with E-state index in [0.717, 1.165) is 13.1 Å². The molecule has 2 N–H and O–H groups in total. The maximum absolute atomic E-state index is 10.9. The molecule has 0 radical (unpaired) electrons. The highest BCUT2D eigenvalue weighted by molar-refractivity contribution is 5.85. The Kier molecular flexibility index (Phi) is 4.82. The maximum atomic E-state index is 10.9. The predicted octanol–water partition coefficient (Wildman–Crippen LogP) is 0.886. The highest BCUT2D eigenvalue weighted by Crippen LogP contribution is 2.32. The standard InChI is InChI=1S/C9H13NO2.ClH/c1-2-3-9(8(11)12)4-6-10-7-5-9;/h1,10H,3-7H2,(H,11,12);1H. The van der Waals surface area contributed by atoms with Gasteiger partial charge in [0.2, 0.25) is 0 Å². The second-order valence-corrected chi connectivity index (χ2v) is 3.22. The van der Waals surface area contributed by atoms with Gasteiger partial charge < -0.3 is 10.4 Å². The molecule has 0 bridgehead atoms. The first kappa shape index (κ1) is 12.3. The van der Waals surface area contributed by atoms with Gasteiger partial charge in [-0.3, -0.25) is 4.79 Å². The molecule has 3 nitrogen and oxygen atoms in total. The van der Waals surface area contributed by atoms with Gasteiger partial charge in [0, 0.05) is 6.42 Å². The first-order valence-corrected chi connectivity index (χ1v) is 4.09. The van der Waals surface area contributed by atoms with Crippen LogP contribution in [0.4, 0.5) is 0 Å². The third-order valence-corrected chi connectivity index (χ3v) is 2.45. The zero-order valence-electron chi connectivity index (χ0n) is 7.38. The molecule has 1 rings (SSSR count). The molecule has 0 aromatic carbocycles. The molecule has 0 atom stereocenters. The van der Waals surface area contributed by atoms with Gasteiger partial charge >= 0.3 is 5.97 Å². The summed E-state index contributed by atoms with van der Waals surface area (Å²) >= 11 is 0. The predicted molar refractivity (Wildman–Crippen MR) is 52.9 cm³/mol. The van der Waals surface area contributed by atoms with Crippen LogP contribution in [0.1, 0.15) is 19.3 Å². The third-order valence-electron chi connectivity index (χ3n) is 2.45. The van der Waals surface area contributed by atoms with Gasteiger partial charge in [0.05, 0.1) is 5.41 Å². The summed E-state index contributed by atoms with van der Waals surface area (Å²) in [7, 11) is 0. The summed E-state index contributed by atoms with van der Waals surface area (Å²) in [5.41, 5.74) is -0.653. The minimum Gasteiger partial charge on any atom is -0.481 e. The molecule has 0 aliphatic carbocycles. The molecule has 0 saturated carbocycles. The minimum absolute atomic E-state index is 0. The number of rotatable bonds is 2. The Balaban J connectivity index is 0.00000144. The number of terminal acetylenes is 1. The number of hydrogen-bond donors (Lipinski definition) is 2. The van der Waals surface area contributed by atoms with Crippen LogP contribution in [-0.4, -0.2) is 24.2 Å². The number of nitrogens with one attached hydrogen (secondary N) is 1. The zero-order valence-corrected chi connectivity index (χ0v) is 8.19. The van der Waals surface area contributed by atoms with Crippen molar-refractivity contribution >= 4 is 18.4 Å². The van der Waals surface area contributed by atoms with E-state index in [1.54, 1.807) is 0 Å². The SMILES string of the molecule is C#CCC1(C(=O)O)CCNCC1.Cl. The van der Waals surface area contributed by atoms with Crippen LogP contribution in [0.5, 0.6) is 0 Å². The molecule has 4 heteroatoms. The van der Waals surface area contributed by atoms with Crippen LogP contribution in [0.15, 0.2) is 0 Å². The van der Waals surface area contributed by atoms with E-state index in [1.807, 2.05) is 0 Å². The van der Waals surface area contributed by atoms with E-state index in [1.165, 1.54) is 0 Å². The number of carbonyl (C=O) groups is 1. The van der Waals surface area contributed by atoms with E-state index in [4.69, 9.17) is 11.5 Å². The van der Waals surface area contributed by atoms with Gasteiger partial charge in [-0.15, -0.1) is 24.8 Å². The van der Waals surface area contributed by atoms with Gasteiger partial charge in [0.15, 0.2) is 0 Å². The molecule has 0 spiro atoms. The Morgan fingerprint density at radius 1 is 1.54 bits per heavy atom. The van der Waals surface area contributed by atoms with Gasteiger partial charge in [-0.2, -0.15) is 0 Å². The molecule has 13 heavy (non-hydrogen) atoms. The second kappa shape index (κ2) is 5.11. The van der Waals surface area contributed by atoms with Crippen LogP contribution >= 0.6 is 12.4 Å². The summed E-state index contributed by atoms with van der Waals surface area (Å²) in [6.45, 7) is 1.52. The lowest BCUT2D eigenvalue weighted by molar-refractivity contribution is -0.150. The Morgan fingerprint density at radius 3 is 2.46 bits per heavy atom. The number of hydrogen-bond acceptors (Lipinski definition) is 2. The van der Waals surface area contributed by atoms with Crippen molar-refractivity contribution in [2.75, 3.05) is 13.1 Å². The molecule has 1 saturated heterocycles. The van der Waals surface area contributed by atoms with Crippen LogP contribution in [-0.2, 0) is 4.79 Å². The Morgan fingerprint density at radius 2 is 2.08 bits per heavy atom. The first-order chi connectivity index (χ1) is 5.71. The average molecular weight is 204 g/mol. The Bertz CT molecular complexity index is 216. The summed E-state index contributed by atoms with van der Waals surface area (Å²) in [5.74, 6) is 1.70. The first-order valence-electron chi connectivity index (χ1n) is 4.09. The fraction of sp³-hybridized carbons (Fsp3) is 0.667. The van der Waals surface area contributed by atoms with Crippen molar-refractivity contribution in [2.45, 2.75) is 19.3 Å². The highest BCUT2D eigenvalue weighted by Gasteiger charge is 2.38. The molecule has 0 aromatic rings. The fourth-order valence-electron chi connectivity index (χ4n) is 1.57. The van der Waals surface area contributed by atoms with Gasteiger partial charge in [0.25, 0.3) is 0 Å². The quantitative estimate of drug-likeness (QED) is 0.656. The monoisotopic (exact) mass is 203 g/mol. The lowest BCUT2D eigenvalue weighted by Crippen LogP contribution is -2.41. The van der Waals surface area contributed by atoms with Gasteiger partial charge in [-0.25, -0.2) is 0 Å². The summed E-state index contributed by atoms with van der Waals surface area (Å²) in [6.07, 6.45) is 6.79. The number of halogens is 1. The van der Waals surface area contributed by atoms with E-state index in [2.05, 4.69) is 11.2 Å². The highest BCUT2D eigenvalue weighted by atomic mass is 35.5. The molecule has 0 aromatic heterocycles. The summed E-state index contributed by atoms with van der Waals surface area (Å²) < 4.78 is 0. The van der Waals surface area contributed by atoms with Crippen LogP contribution in [0.25, 0.3) is 0 Å². The van der Waals surface area contributed by atoms with Crippen molar-refractivity contribution in [1.82, 2.24) is 5.32 Å².